The monoisotopic (exact) mass is 599 g/mol. The molecule has 0 aliphatic rings. The van der Waals surface area contributed by atoms with Crippen LogP contribution >= 0.6 is 0 Å². The Morgan fingerprint density at radius 2 is 1.24 bits per heavy atom. The molecule has 0 saturated heterocycles. The number of rotatable bonds is 5. The zero-order valence-corrected chi connectivity index (χ0v) is 27.4. The average molecular weight is 600 g/mol. The maximum atomic E-state index is 6.98. The van der Waals surface area contributed by atoms with Crippen LogP contribution in [-0.4, -0.2) is 4.57 Å². The molecule has 6 aromatic carbocycles. The van der Waals surface area contributed by atoms with E-state index in [0.29, 0.717) is 11.8 Å². The molecule has 226 valence electrons. The highest BCUT2D eigenvalue weighted by Gasteiger charge is 2.34. The second-order valence-electron chi connectivity index (χ2n) is 13.3. The molecule has 0 aliphatic carbocycles. The van der Waals surface area contributed by atoms with Crippen LogP contribution in [0, 0.1) is 6.92 Å². The lowest BCUT2D eigenvalue weighted by molar-refractivity contribution is -0.633. The topological polar surface area (TPSA) is 21.9 Å². The molecule has 3 heteroatoms. The van der Waals surface area contributed by atoms with E-state index in [1.165, 1.54) is 49.9 Å². The van der Waals surface area contributed by atoms with Gasteiger partial charge in [0, 0.05) is 27.3 Å². The number of aryl methyl sites for hydroxylation is 2. The Morgan fingerprint density at radius 3 is 1.98 bits per heavy atom. The molecule has 8 aromatic rings. The van der Waals surface area contributed by atoms with E-state index in [4.69, 9.17) is 4.42 Å². The Bertz CT molecular complexity index is 2410. The fourth-order valence-electron chi connectivity index (χ4n) is 7.38. The molecule has 0 aliphatic heterocycles. The molecule has 8 rings (SSSR count). The van der Waals surface area contributed by atoms with E-state index >= 15 is 0 Å². The van der Waals surface area contributed by atoms with Crippen molar-refractivity contribution >= 4 is 43.7 Å². The first-order valence-electron chi connectivity index (χ1n) is 16.4. The van der Waals surface area contributed by atoms with Crippen LogP contribution in [0.15, 0.2) is 120 Å². The summed E-state index contributed by atoms with van der Waals surface area (Å²) in [7, 11) is 2.20. The minimum absolute atomic E-state index is 0.310. The van der Waals surface area contributed by atoms with Crippen LogP contribution in [0.1, 0.15) is 56.2 Å². The summed E-state index contributed by atoms with van der Waals surface area (Å²) in [5, 5.41) is 4.63. The molecule has 0 saturated carbocycles. The number of nitrogens with zero attached hydrogens (tertiary/aromatic N) is 2. The first-order chi connectivity index (χ1) is 22.3. The van der Waals surface area contributed by atoms with Crippen LogP contribution < -0.4 is 4.57 Å². The Kier molecular flexibility index (Phi) is 6.61. The predicted molar refractivity (Wildman–Crippen MR) is 193 cm³/mol. The summed E-state index contributed by atoms with van der Waals surface area (Å²) in [5.74, 6) is 1.75. The van der Waals surface area contributed by atoms with Crippen LogP contribution in [0.4, 0.5) is 0 Å². The van der Waals surface area contributed by atoms with Crippen LogP contribution in [-0.2, 0) is 7.05 Å². The summed E-state index contributed by atoms with van der Waals surface area (Å²) in [6, 6.07) is 41.8. The van der Waals surface area contributed by atoms with E-state index in [-0.39, 0.29) is 0 Å². The van der Waals surface area contributed by atoms with Gasteiger partial charge in [-0.05, 0) is 71.2 Å². The van der Waals surface area contributed by atoms with Crippen LogP contribution in [0.2, 0.25) is 0 Å². The van der Waals surface area contributed by atoms with E-state index in [9.17, 15) is 0 Å². The lowest BCUT2D eigenvalue weighted by Crippen LogP contribution is -2.30. The van der Waals surface area contributed by atoms with Gasteiger partial charge in [0.2, 0.25) is 0 Å². The number of imidazole rings is 1. The molecule has 0 atom stereocenters. The minimum atomic E-state index is 0.310. The lowest BCUT2D eigenvalue weighted by atomic mass is 9.88. The molecule has 2 heterocycles. The largest absolute Gasteiger partial charge is 0.454 e. The second-order valence-corrected chi connectivity index (χ2v) is 13.3. The van der Waals surface area contributed by atoms with Gasteiger partial charge < -0.3 is 4.42 Å². The number of para-hydroxylation sites is 2. The van der Waals surface area contributed by atoms with Crippen molar-refractivity contribution in [2.24, 2.45) is 7.05 Å². The number of benzene rings is 6. The van der Waals surface area contributed by atoms with Crippen molar-refractivity contribution in [3.8, 4) is 28.2 Å². The highest BCUT2D eigenvalue weighted by molar-refractivity contribution is 6.17. The summed E-state index contributed by atoms with van der Waals surface area (Å²) in [6.45, 7) is 11.5. The first-order valence-corrected chi connectivity index (χ1v) is 16.4. The van der Waals surface area contributed by atoms with Gasteiger partial charge in [-0.15, -0.1) is 0 Å². The number of furan rings is 1. The highest BCUT2D eigenvalue weighted by atomic mass is 16.3. The standard InChI is InChI=1S/C43H39N2O/c1-26(2)35-24-31(29-14-8-7-9-15-29)25-36(27(3)4)40(35)45-38-19-13-12-18-37(38)44(6)43(45)39-28(5)20-22-34-33-23-21-30-16-10-11-17-32(30)41(33)46-42(34)39/h7-27H,1-6H3/q+1. The molecule has 3 nitrogen and oxygen atoms in total. The molecular formula is C43H39N2O+. The lowest BCUT2D eigenvalue weighted by Gasteiger charge is -2.21. The molecule has 46 heavy (non-hydrogen) atoms. The van der Waals surface area contributed by atoms with Gasteiger partial charge in [0.1, 0.15) is 16.8 Å². The molecule has 0 radical (unpaired) electrons. The Balaban J connectivity index is 1.53. The third kappa shape index (κ3) is 4.22. The number of hydrogen-bond donors (Lipinski definition) is 0. The van der Waals surface area contributed by atoms with E-state index in [1.807, 2.05) is 0 Å². The smallest absolute Gasteiger partial charge is 0.299 e. The van der Waals surface area contributed by atoms with Crippen LogP contribution in [0.5, 0.6) is 0 Å². The fourth-order valence-corrected chi connectivity index (χ4v) is 7.38. The van der Waals surface area contributed by atoms with Crippen LogP contribution in [0.3, 0.4) is 0 Å². The van der Waals surface area contributed by atoms with Gasteiger partial charge in [0.15, 0.2) is 16.6 Å². The molecule has 0 spiro atoms. The zero-order valence-electron chi connectivity index (χ0n) is 27.4. The van der Waals surface area contributed by atoms with Gasteiger partial charge in [-0.1, -0.05) is 113 Å². The average Bonchev–Trinajstić information content (AvgIpc) is 3.59. The van der Waals surface area contributed by atoms with Gasteiger partial charge in [-0.2, -0.15) is 4.57 Å². The van der Waals surface area contributed by atoms with Crippen molar-refractivity contribution in [1.82, 2.24) is 4.57 Å². The summed E-state index contributed by atoms with van der Waals surface area (Å²) in [5.41, 5.74) is 13.0. The van der Waals surface area contributed by atoms with Crippen molar-refractivity contribution < 1.29 is 8.98 Å². The quantitative estimate of drug-likeness (QED) is 0.180. The maximum absolute atomic E-state index is 6.98. The van der Waals surface area contributed by atoms with Gasteiger partial charge >= 0.3 is 0 Å². The fraction of sp³-hybridized carbons (Fsp3) is 0.186. The summed E-state index contributed by atoms with van der Waals surface area (Å²) in [4.78, 5) is 0. The summed E-state index contributed by atoms with van der Waals surface area (Å²) >= 11 is 0. The van der Waals surface area contributed by atoms with Gasteiger partial charge in [-0.25, -0.2) is 4.57 Å². The number of aromatic nitrogens is 2. The molecule has 2 aromatic heterocycles. The molecule has 0 unspecified atom stereocenters. The summed E-state index contributed by atoms with van der Waals surface area (Å²) in [6.07, 6.45) is 0. The third-order valence-electron chi connectivity index (χ3n) is 9.72. The maximum Gasteiger partial charge on any atom is 0.299 e. The minimum Gasteiger partial charge on any atom is -0.454 e. The van der Waals surface area contributed by atoms with Gasteiger partial charge in [0.05, 0.1) is 7.05 Å². The normalized spacial score (nSPS) is 12.1. The second kappa shape index (κ2) is 10.7. The van der Waals surface area contributed by atoms with Crippen molar-refractivity contribution in [3.63, 3.8) is 0 Å². The Labute approximate surface area is 270 Å². The van der Waals surface area contributed by atoms with Crippen molar-refractivity contribution in [2.45, 2.75) is 46.5 Å². The van der Waals surface area contributed by atoms with E-state index < -0.39 is 0 Å². The number of hydrogen-bond acceptors (Lipinski definition) is 1. The highest BCUT2D eigenvalue weighted by Crippen LogP contribution is 2.44. The van der Waals surface area contributed by atoms with Crippen molar-refractivity contribution in [3.05, 3.63) is 132 Å². The zero-order chi connectivity index (χ0) is 31.7. The van der Waals surface area contributed by atoms with Crippen molar-refractivity contribution in [1.29, 1.82) is 0 Å². The van der Waals surface area contributed by atoms with Gasteiger partial charge in [0.25, 0.3) is 5.82 Å². The summed E-state index contributed by atoms with van der Waals surface area (Å²) < 4.78 is 11.9. The molecule has 0 bridgehead atoms. The number of fused-ring (bicyclic) bond motifs is 6. The van der Waals surface area contributed by atoms with Gasteiger partial charge in [-0.3, -0.25) is 0 Å². The molecule has 0 amide bonds. The Morgan fingerprint density at radius 1 is 0.609 bits per heavy atom. The first kappa shape index (κ1) is 28.3. The molecule has 0 N–H and O–H groups in total. The third-order valence-corrected chi connectivity index (χ3v) is 9.72. The van der Waals surface area contributed by atoms with E-state index in [2.05, 4.69) is 166 Å². The SMILES string of the molecule is Cc1ccc2c(oc3c4ccccc4ccc23)c1-c1n(-c2c(C(C)C)cc(-c3ccccc3)cc2C(C)C)c2ccccc2[n+]1C. The van der Waals surface area contributed by atoms with E-state index in [1.54, 1.807) is 0 Å². The predicted octanol–water partition coefficient (Wildman–Crippen LogP) is 11.4. The van der Waals surface area contributed by atoms with Crippen LogP contribution in [0.25, 0.3) is 71.9 Å². The van der Waals surface area contributed by atoms with Crippen molar-refractivity contribution in [2.75, 3.05) is 0 Å². The molecule has 0 fully saturated rings. The van der Waals surface area contributed by atoms with E-state index in [0.717, 1.165) is 38.7 Å². The molecular weight excluding hydrogens is 560 g/mol. The Hall–Kier alpha value is -5.15.